The van der Waals surface area contributed by atoms with Gasteiger partial charge in [-0.1, -0.05) is 11.6 Å². The molecule has 0 atom stereocenters. The average Bonchev–Trinajstić information content (AvgIpc) is 2.71. The Morgan fingerprint density at radius 3 is 1.93 bits per heavy atom. The largest absolute Gasteiger partial charge is 0.493 e. The molecule has 0 fully saturated rings. The summed E-state index contributed by atoms with van der Waals surface area (Å²) in [7, 11) is 5.56. The summed E-state index contributed by atoms with van der Waals surface area (Å²) in [6.45, 7) is -3.26. The second-order valence-electron chi connectivity index (χ2n) is 5.48. The number of hydrogen-bond acceptors (Lipinski definition) is 7. The first-order valence-electron chi connectivity index (χ1n) is 8.12. The molecule has 0 bridgehead atoms. The highest BCUT2D eigenvalue weighted by Crippen LogP contribution is 2.39. The molecule has 2 rings (SSSR count). The SMILES string of the molecule is COc1cc(COC(=O)c2cc(OC)c(OC)c(OC)c2)cc(Cl)c1OC(F)F. The molecule has 2 aromatic carbocycles. The van der Waals surface area contributed by atoms with Gasteiger partial charge in [-0.05, 0) is 29.8 Å². The van der Waals surface area contributed by atoms with Crippen molar-refractivity contribution < 1.29 is 42.0 Å². The third kappa shape index (κ3) is 5.32. The molecule has 7 nitrogen and oxygen atoms in total. The van der Waals surface area contributed by atoms with Crippen molar-refractivity contribution >= 4 is 17.6 Å². The average molecular weight is 433 g/mol. The van der Waals surface area contributed by atoms with Crippen molar-refractivity contribution in [2.24, 2.45) is 0 Å². The van der Waals surface area contributed by atoms with Crippen molar-refractivity contribution in [1.29, 1.82) is 0 Å². The highest BCUT2D eigenvalue weighted by Gasteiger charge is 2.19. The predicted molar refractivity (Wildman–Crippen MR) is 99.9 cm³/mol. The van der Waals surface area contributed by atoms with E-state index < -0.39 is 12.6 Å². The number of carbonyl (C=O) groups excluding carboxylic acids is 1. The first kappa shape index (κ1) is 22.4. The molecule has 0 unspecified atom stereocenters. The van der Waals surface area contributed by atoms with Crippen LogP contribution in [0.2, 0.25) is 5.02 Å². The van der Waals surface area contributed by atoms with Crippen molar-refractivity contribution in [1.82, 2.24) is 0 Å². The lowest BCUT2D eigenvalue weighted by atomic mass is 10.1. The van der Waals surface area contributed by atoms with E-state index in [0.29, 0.717) is 11.3 Å². The first-order valence-corrected chi connectivity index (χ1v) is 8.50. The van der Waals surface area contributed by atoms with E-state index in [4.69, 9.17) is 35.3 Å². The molecule has 0 aliphatic heterocycles. The number of halogens is 3. The summed E-state index contributed by atoms with van der Waals surface area (Å²) in [5, 5.41) is -0.108. The van der Waals surface area contributed by atoms with Crippen molar-refractivity contribution in [3.63, 3.8) is 0 Å². The van der Waals surface area contributed by atoms with Gasteiger partial charge in [0, 0.05) is 0 Å². The van der Waals surface area contributed by atoms with Crippen LogP contribution in [0.25, 0.3) is 0 Å². The number of carbonyl (C=O) groups is 1. The van der Waals surface area contributed by atoms with Crippen LogP contribution in [-0.4, -0.2) is 41.0 Å². The van der Waals surface area contributed by atoms with Gasteiger partial charge in [-0.3, -0.25) is 0 Å². The molecule has 0 saturated carbocycles. The summed E-state index contributed by atoms with van der Waals surface area (Å²) in [5.41, 5.74) is 0.574. The van der Waals surface area contributed by atoms with E-state index in [0.717, 1.165) is 0 Å². The van der Waals surface area contributed by atoms with E-state index in [9.17, 15) is 13.6 Å². The van der Waals surface area contributed by atoms with Gasteiger partial charge >= 0.3 is 12.6 Å². The fraction of sp³-hybridized carbons (Fsp3) is 0.316. The fourth-order valence-electron chi connectivity index (χ4n) is 2.49. The molecule has 0 aliphatic carbocycles. The van der Waals surface area contributed by atoms with Gasteiger partial charge in [0.25, 0.3) is 0 Å². The molecule has 0 heterocycles. The molecule has 0 amide bonds. The van der Waals surface area contributed by atoms with Crippen LogP contribution in [0.3, 0.4) is 0 Å². The third-order valence-electron chi connectivity index (χ3n) is 3.77. The van der Waals surface area contributed by atoms with E-state index in [2.05, 4.69) is 4.74 Å². The molecule has 29 heavy (non-hydrogen) atoms. The summed E-state index contributed by atoms with van der Waals surface area (Å²) >= 11 is 5.98. The fourth-order valence-corrected chi connectivity index (χ4v) is 2.77. The first-order chi connectivity index (χ1) is 13.8. The molecule has 0 radical (unpaired) electrons. The zero-order chi connectivity index (χ0) is 21.6. The number of ether oxygens (including phenoxy) is 6. The number of hydrogen-bond donors (Lipinski definition) is 0. The smallest absolute Gasteiger partial charge is 0.387 e. The lowest BCUT2D eigenvalue weighted by Gasteiger charge is -2.15. The number of esters is 1. The highest BCUT2D eigenvalue weighted by molar-refractivity contribution is 6.32. The number of alkyl halides is 2. The Labute approximate surface area is 171 Å². The standard InChI is InChI=1S/C19H19ClF2O7/c1-24-13-6-10(5-12(20)16(13)29-19(21)22)9-28-18(23)11-7-14(25-2)17(27-4)15(8-11)26-3/h5-8,19H,9H2,1-4H3. The molecule has 10 heteroatoms. The van der Waals surface area contributed by atoms with Gasteiger partial charge in [-0.2, -0.15) is 8.78 Å². The molecule has 2 aromatic rings. The molecule has 0 saturated heterocycles. The molecule has 0 spiro atoms. The summed E-state index contributed by atoms with van der Waals surface area (Å²) in [6.07, 6.45) is 0. The van der Waals surface area contributed by atoms with Crippen LogP contribution in [0, 0.1) is 0 Å². The monoisotopic (exact) mass is 432 g/mol. The summed E-state index contributed by atoms with van der Waals surface area (Å²) < 4.78 is 55.2. The second kappa shape index (κ2) is 10.0. The molecule has 0 N–H and O–H groups in total. The van der Waals surface area contributed by atoms with E-state index in [1.165, 1.54) is 52.7 Å². The van der Waals surface area contributed by atoms with Crippen LogP contribution in [0.4, 0.5) is 8.78 Å². The van der Waals surface area contributed by atoms with E-state index in [1.54, 1.807) is 0 Å². The number of benzene rings is 2. The summed E-state index contributed by atoms with van der Waals surface area (Å²) in [6, 6.07) is 5.60. The van der Waals surface area contributed by atoms with Gasteiger partial charge in [0.05, 0.1) is 39.0 Å². The maximum absolute atomic E-state index is 12.5. The molecule has 0 aromatic heterocycles. The predicted octanol–water partition coefficient (Wildman–Crippen LogP) is 4.33. The van der Waals surface area contributed by atoms with Gasteiger partial charge < -0.3 is 28.4 Å². The zero-order valence-corrected chi connectivity index (χ0v) is 16.8. The van der Waals surface area contributed by atoms with Crippen molar-refractivity contribution in [2.45, 2.75) is 13.2 Å². The van der Waals surface area contributed by atoms with E-state index in [1.807, 2.05) is 0 Å². The molecular weight excluding hydrogens is 414 g/mol. The van der Waals surface area contributed by atoms with Gasteiger partial charge in [-0.15, -0.1) is 0 Å². The third-order valence-corrected chi connectivity index (χ3v) is 4.05. The maximum Gasteiger partial charge on any atom is 0.387 e. The van der Waals surface area contributed by atoms with Crippen LogP contribution in [0.1, 0.15) is 15.9 Å². The molecular formula is C19H19ClF2O7. The minimum absolute atomic E-state index is 0.0170. The van der Waals surface area contributed by atoms with E-state index >= 15 is 0 Å². The summed E-state index contributed by atoms with van der Waals surface area (Å²) in [4.78, 5) is 12.4. The zero-order valence-electron chi connectivity index (χ0n) is 16.1. The Morgan fingerprint density at radius 1 is 0.897 bits per heavy atom. The minimum Gasteiger partial charge on any atom is -0.493 e. The van der Waals surface area contributed by atoms with Crippen molar-refractivity contribution in [3.05, 3.63) is 40.4 Å². The van der Waals surface area contributed by atoms with Gasteiger partial charge in [-0.25, -0.2) is 4.79 Å². The molecule has 0 aliphatic rings. The van der Waals surface area contributed by atoms with Crippen molar-refractivity contribution in [2.75, 3.05) is 28.4 Å². The van der Waals surface area contributed by atoms with Crippen LogP contribution >= 0.6 is 11.6 Å². The Bertz CT molecular complexity index is 849. The van der Waals surface area contributed by atoms with Crippen LogP contribution in [-0.2, 0) is 11.3 Å². The van der Waals surface area contributed by atoms with Gasteiger partial charge in [0.15, 0.2) is 23.0 Å². The number of rotatable bonds is 9. The van der Waals surface area contributed by atoms with Gasteiger partial charge in [0.1, 0.15) is 6.61 Å². The van der Waals surface area contributed by atoms with Crippen LogP contribution in [0.5, 0.6) is 28.7 Å². The topological polar surface area (TPSA) is 72.5 Å². The quantitative estimate of drug-likeness (QED) is 0.546. The normalized spacial score (nSPS) is 10.5. The Kier molecular flexibility index (Phi) is 7.72. The van der Waals surface area contributed by atoms with Crippen LogP contribution in [0.15, 0.2) is 24.3 Å². The Hall–Kier alpha value is -2.94. The highest BCUT2D eigenvalue weighted by atomic mass is 35.5. The Balaban J connectivity index is 2.22. The van der Waals surface area contributed by atoms with Crippen LogP contribution < -0.4 is 23.7 Å². The number of methoxy groups -OCH3 is 4. The minimum atomic E-state index is -3.06. The van der Waals surface area contributed by atoms with Crippen molar-refractivity contribution in [3.8, 4) is 28.7 Å². The maximum atomic E-state index is 12.5. The lowest BCUT2D eigenvalue weighted by molar-refractivity contribution is -0.0511. The lowest BCUT2D eigenvalue weighted by Crippen LogP contribution is -2.08. The molecule has 158 valence electrons. The van der Waals surface area contributed by atoms with E-state index in [-0.39, 0.29) is 40.2 Å². The second-order valence-corrected chi connectivity index (χ2v) is 5.88. The summed E-state index contributed by atoms with van der Waals surface area (Å²) in [5.74, 6) is -0.0838. The Morgan fingerprint density at radius 2 is 1.45 bits per heavy atom. The van der Waals surface area contributed by atoms with Gasteiger partial charge in [0.2, 0.25) is 5.75 Å².